The Balaban J connectivity index is 0.000000673. The van der Waals surface area contributed by atoms with Crippen LogP contribution in [0.5, 0.6) is 5.75 Å². The number of nitrogens with one attached hydrogen (secondary N) is 1. The van der Waals surface area contributed by atoms with Crippen LogP contribution in [0.15, 0.2) is 67.0 Å². The number of nitrogens with zero attached hydrogens (tertiary/aromatic N) is 2. The molecule has 208 valence electrons. The first-order chi connectivity index (χ1) is 18.4. The van der Waals surface area contributed by atoms with Gasteiger partial charge in [-0.05, 0) is 42.5 Å². The van der Waals surface area contributed by atoms with Gasteiger partial charge in [-0.3, -0.25) is 14.6 Å². The Hall–Kier alpha value is -4.03. The Morgan fingerprint density at radius 3 is 2.28 bits per heavy atom. The molecule has 0 radical (unpaired) electrons. The molecule has 0 bridgehead atoms. The topological polar surface area (TPSA) is 135 Å². The van der Waals surface area contributed by atoms with Gasteiger partial charge in [0.1, 0.15) is 12.4 Å². The van der Waals surface area contributed by atoms with E-state index in [1.807, 2.05) is 12.1 Å². The molecule has 2 amide bonds. The first-order valence-electron chi connectivity index (χ1n) is 11.1. The number of primary amides is 1. The van der Waals surface area contributed by atoms with Crippen LogP contribution in [-0.4, -0.2) is 53.7 Å². The number of pyridine rings is 1. The number of nitrogens with two attached hydrogens (primary N) is 1. The van der Waals surface area contributed by atoms with Crippen LogP contribution in [0, 0.1) is 0 Å². The van der Waals surface area contributed by atoms with Crippen molar-refractivity contribution in [2.75, 3.05) is 29.9 Å². The average molecular weight is 587 g/mol. The molecule has 2 aromatic carbocycles. The lowest BCUT2D eigenvalue weighted by molar-refractivity contribution is -0.192. The molecule has 0 fully saturated rings. The Kier molecular flexibility index (Phi) is 11.8. The zero-order valence-corrected chi connectivity index (χ0v) is 21.6. The summed E-state index contributed by atoms with van der Waals surface area (Å²) in [6.45, 7) is 0.979. The van der Waals surface area contributed by atoms with E-state index >= 15 is 0 Å². The molecule has 0 aliphatic carbocycles. The van der Waals surface area contributed by atoms with Crippen LogP contribution >= 0.6 is 23.2 Å². The Morgan fingerprint density at radius 1 is 1.05 bits per heavy atom. The molecule has 9 nitrogen and oxygen atoms in total. The van der Waals surface area contributed by atoms with Gasteiger partial charge < -0.3 is 25.8 Å². The van der Waals surface area contributed by atoms with Crippen molar-refractivity contribution >= 4 is 52.4 Å². The molecule has 0 atom stereocenters. The maximum absolute atomic E-state index is 13.3. The third kappa shape index (κ3) is 10.7. The molecule has 0 unspecified atom stereocenters. The summed E-state index contributed by atoms with van der Waals surface area (Å²) in [5, 5.41) is 11.1. The highest BCUT2D eigenvalue weighted by atomic mass is 35.5. The molecule has 14 heteroatoms. The first kappa shape index (κ1) is 31.2. The van der Waals surface area contributed by atoms with Crippen LogP contribution in [-0.2, 0) is 9.59 Å². The Labute approximate surface area is 231 Å². The molecular formula is C25H23Cl2F3N4O5. The van der Waals surface area contributed by atoms with Gasteiger partial charge in [0.15, 0.2) is 0 Å². The van der Waals surface area contributed by atoms with Gasteiger partial charge in [-0.1, -0.05) is 35.3 Å². The molecule has 0 aliphatic rings. The molecule has 3 aromatic rings. The highest BCUT2D eigenvalue weighted by molar-refractivity contribution is 6.34. The smallest absolute Gasteiger partial charge is 0.490 e. The number of hydrogen-bond donors (Lipinski definition) is 3. The predicted molar refractivity (Wildman–Crippen MR) is 140 cm³/mol. The number of aromatic nitrogens is 1. The third-order valence-electron chi connectivity index (χ3n) is 4.71. The molecule has 0 spiro atoms. The maximum atomic E-state index is 13.3. The van der Waals surface area contributed by atoms with Crippen LogP contribution in [0.1, 0.15) is 16.8 Å². The highest BCUT2D eigenvalue weighted by Gasteiger charge is 2.38. The Bertz CT molecular complexity index is 1280. The molecular weight excluding hydrogens is 564 g/mol. The fourth-order valence-corrected chi connectivity index (χ4v) is 3.45. The van der Waals surface area contributed by atoms with E-state index in [0.29, 0.717) is 40.2 Å². The van der Waals surface area contributed by atoms with E-state index in [-0.39, 0.29) is 18.9 Å². The number of carbonyl (C=O) groups excluding carboxylic acids is 2. The van der Waals surface area contributed by atoms with Gasteiger partial charge in [0.2, 0.25) is 5.91 Å². The predicted octanol–water partition coefficient (Wildman–Crippen LogP) is 5.03. The minimum Gasteiger partial charge on any atom is -0.492 e. The number of ether oxygens (including phenoxy) is 1. The summed E-state index contributed by atoms with van der Waals surface area (Å²) in [6.07, 6.45) is -1.70. The van der Waals surface area contributed by atoms with Crippen molar-refractivity contribution in [3.63, 3.8) is 0 Å². The molecule has 1 heterocycles. The van der Waals surface area contributed by atoms with Crippen molar-refractivity contribution in [3.05, 3.63) is 82.6 Å². The number of hydrogen-bond acceptors (Lipinski definition) is 6. The van der Waals surface area contributed by atoms with Gasteiger partial charge in [0.05, 0.1) is 10.7 Å². The fourth-order valence-electron chi connectivity index (χ4n) is 2.98. The number of carboxylic acids is 1. The summed E-state index contributed by atoms with van der Waals surface area (Å²) < 4.78 is 37.5. The summed E-state index contributed by atoms with van der Waals surface area (Å²) in [7, 11) is 0. The van der Waals surface area contributed by atoms with E-state index < -0.39 is 18.1 Å². The number of alkyl halides is 3. The zero-order valence-electron chi connectivity index (χ0n) is 20.1. The molecule has 1 aromatic heterocycles. The van der Waals surface area contributed by atoms with E-state index in [9.17, 15) is 22.8 Å². The van der Waals surface area contributed by atoms with Gasteiger partial charge in [-0.2, -0.15) is 13.2 Å². The van der Waals surface area contributed by atoms with Crippen molar-refractivity contribution < 1.29 is 37.4 Å². The molecule has 39 heavy (non-hydrogen) atoms. The number of halogens is 5. The Morgan fingerprint density at radius 2 is 1.69 bits per heavy atom. The van der Waals surface area contributed by atoms with Gasteiger partial charge in [0, 0.05) is 48.2 Å². The van der Waals surface area contributed by atoms with Crippen molar-refractivity contribution in [1.29, 1.82) is 0 Å². The minimum atomic E-state index is -5.08. The quantitative estimate of drug-likeness (QED) is 0.283. The molecule has 0 saturated carbocycles. The minimum absolute atomic E-state index is 0.0123. The van der Waals surface area contributed by atoms with Crippen molar-refractivity contribution in [3.8, 4) is 5.75 Å². The SMILES string of the molecule is NC(=O)CCN(C(=O)c1cc(Cl)cc(OCCNc2ccncc2)c1)c1ccccc1Cl.O=C(O)C(F)(F)F. The van der Waals surface area contributed by atoms with Gasteiger partial charge in [-0.15, -0.1) is 0 Å². The van der Waals surface area contributed by atoms with E-state index in [4.69, 9.17) is 43.6 Å². The number of anilines is 2. The summed E-state index contributed by atoms with van der Waals surface area (Å²) in [6, 6.07) is 15.4. The first-order valence-corrected chi connectivity index (χ1v) is 11.9. The highest BCUT2D eigenvalue weighted by Crippen LogP contribution is 2.29. The number of carbonyl (C=O) groups is 3. The molecule has 0 saturated heterocycles. The largest absolute Gasteiger partial charge is 0.492 e. The van der Waals surface area contributed by atoms with Crippen molar-refractivity contribution in [2.45, 2.75) is 12.6 Å². The lowest BCUT2D eigenvalue weighted by Gasteiger charge is -2.24. The second-order valence-electron chi connectivity index (χ2n) is 7.61. The van der Waals surface area contributed by atoms with Crippen LogP contribution in [0.2, 0.25) is 10.0 Å². The number of aliphatic carboxylic acids is 1. The lowest BCUT2D eigenvalue weighted by atomic mass is 10.1. The number of amides is 2. The van der Waals surface area contributed by atoms with Crippen LogP contribution < -0.4 is 20.7 Å². The number of rotatable bonds is 10. The monoisotopic (exact) mass is 586 g/mol. The summed E-state index contributed by atoms with van der Waals surface area (Å²) in [4.78, 5) is 38.9. The summed E-state index contributed by atoms with van der Waals surface area (Å²) >= 11 is 12.5. The number of para-hydroxylation sites is 1. The van der Waals surface area contributed by atoms with Crippen molar-refractivity contribution in [2.24, 2.45) is 5.73 Å². The zero-order chi connectivity index (χ0) is 29.0. The average Bonchev–Trinajstić information content (AvgIpc) is 2.87. The van der Waals surface area contributed by atoms with Gasteiger partial charge in [0.25, 0.3) is 5.91 Å². The molecule has 4 N–H and O–H groups in total. The second kappa shape index (κ2) is 14.8. The molecule has 3 rings (SSSR count). The van der Waals surface area contributed by atoms with E-state index in [0.717, 1.165) is 5.69 Å². The van der Waals surface area contributed by atoms with Gasteiger partial charge in [-0.25, -0.2) is 4.79 Å². The van der Waals surface area contributed by atoms with E-state index in [1.54, 1.807) is 54.9 Å². The standard InChI is InChI=1S/C23H22Cl2N4O3.C2HF3O2/c24-17-13-16(14-19(15-17)32-12-10-28-18-5-8-27-9-6-18)23(31)29(11-7-22(26)30)21-4-2-1-3-20(21)25;3-2(4,5)1(6)7/h1-6,8-9,13-15H,7,10-12H2,(H2,26,30)(H,27,28);(H,6,7). The van der Waals surface area contributed by atoms with E-state index in [1.165, 1.54) is 4.90 Å². The molecule has 0 aliphatic heterocycles. The van der Waals surface area contributed by atoms with E-state index in [2.05, 4.69) is 10.3 Å². The lowest BCUT2D eigenvalue weighted by Crippen LogP contribution is -2.34. The summed E-state index contributed by atoms with van der Waals surface area (Å²) in [5.41, 5.74) is 7.00. The summed E-state index contributed by atoms with van der Waals surface area (Å²) in [5.74, 6) is -3.20. The third-order valence-corrected chi connectivity index (χ3v) is 5.25. The van der Waals surface area contributed by atoms with Crippen molar-refractivity contribution in [1.82, 2.24) is 4.98 Å². The number of benzene rings is 2. The normalized spacial score (nSPS) is 10.6. The maximum Gasteiger partial charge on any atom is 0.490 e. The van der Waals surface area contributed by atoms with Crippen LogP contribution in [0.3, 0.4) is 0 Å². The second-order valence-corrected chi connectivity index (χ2v) is 8.46. The van der Waals surface area contributed by atoms with Gasteiger partial charge >= 0.3 is 12.1 Å². The fraction of sp³-hybridized carbons (Fsp3) is 0.200. The van der Waals surface area contributed by atoms with Crippen LogP contribution in [0.25, 0.3) is 0 Å². The van der Waals surface area contributed by atoms with Crippen LogP contribution in [0.4, 0.5) is 24.5 Å². The number of carboxylic acid groups (broad SMARTS) is 1.